The number of unbranched alkanes of at least 4 members (excludes halogenated alkanes) is 3. The molecule has 1 heterocycles. The second-order valence-electron chi connectivity index (χ2n) is 12.6. The van der Waals surface area contributed by atoms with E-state index >= 15 is 0 Å². The number of aliphatic hydroxyl groups is 1. The van der Waals surface area contributed by atoms with E-state index in [2.05, 4.69) is 31.4 Å². The number of hydrogen-bond acceptors (Lipinski definition) is 8. The van der Waals surface area contributed by atoms with Gasteiger partial charge in [0, 0.05) is 32.3 Å². The molecule has 2 amide bonds. The van der Waals surface area contributed by atoms with Gasteiger partial charge in [-0.15, -0.1) is 0 Å². The highest BCUT2D eigenvalue weighted by molar-refractivity contribution is 5.83. The van der Waals surface area contributed by atoms with Gasteiger partial charge in [0.15, 0.2) is 12.4 Å². The summed E-state index contributed by atoms with van der Waals surface area (Å²) in [7, 11) is 0. The van der Waals surface area contributed by atoms with Crippen molar-refractivity contribution in [3.8, 4) is 0 Å². The molecule has 0 aliphatic carbocycles. The molecule has 10 heteroatoms. The van der Waals surface area contributed by atoms with Crippen LogP contribution in [0.4, 0.5) is 4.79 Å². The molecule has 48 heavy (non-hydrogen) atoms. The molecule has 3 N–H and O–H groups in total. The van der Waals surface area contributed by atoms with E-state index in [4.69, 9.17) is 23.7 Å². The highest BCUT2D eigenvalue weighted by Gasteiger charge is 2.51. The summed E-state index contributed by atoms with van der Waals surface area (Å²) in [5.74, 6) is -0.398. The van der Waals surface area contributed by atoms with Gasteiger partial charge in [0.25, 0.3) is 5.91 Å². The van der Waals surface area contributed by atoms with E-state index in [9.17, 15) is 14.7 Å². The quantitative estimate of drug-likeness (QED) is 0.144. The Labute approximate surface area is 287 Å². The molecule has 0 spiro atoms. The van der Waals surface area contributed by atoms with Crippen LogP contribution in [0.1, 0.15) is 84.3 Å². The van der Waals surface area contributed by atoms with Gasteiger partial charge >= 0.3 is 6.09 Å². The molecule has 2 aromatic rings. The van der Waals surface area contributed by atoms with E-state index < -0.39 is 54.9 Å². The fourth-order valence-electron chi connectivity index (χ4n) is 5.66. The normalized spacial score (nSPS) is 22.8. The summed E-state index contributed by atoms with van der Waals surface area (Å²) >= 11 is 0. The van der Waals surface area contributed by atoms with E-state index in [1.54, 1.807) is 6.92 Å². The SMILES string of the molecule is CCCCOC1O[C@H](C(O)Cc2ccccc2)[C@@H](OCCCC)[C@H](OCCCC)[C@H]1NC(=O)O[C@H](C)C(=O)N[C@@H](C)Cc1ccccc1. The molecule has 2 aromatic carbocycles. The Bertz CT molecular complexity index is 1170. The Hall–Kier alpha value is -3.02. The van der Waals surface area contributed by atoms with Crippen molar-refractivity contribution < 1.29 is 38.4 Å². The molecule has 0 aromatic heterocycles. The van der Waals surface area contributed by atoms with Crippen LogP contribution in [0.15, 0.2) is 60.7 Å². The maximum atomic E-state index is 13.4. The Balaban J connectivity index is 1.80. The zero-order valence-electron chi connectivity index (χ0n) is 29.5. The minimum absolute atomic E-state index is 0.159. The van der Waals surface area contributed by atoms with Crippen molar-refractivity contribution >= 4 is 12.0 Å². The van der Waals surface area contributed by atoms with Crippen molar-refractivity contribution in [3.63, 3.8) is 0 Å². The Kier molecular flexibility index (Phi) is 17.9. The van der Waals surface area contributed by atoms with Crippen LogP contribution in [0.5, 0.6) is 0 Å². The summed E-state index contributed by atoms with van der Waals surface area (Å²) in [4.78, 5) is 26.4. The molecule has 0 radical (unpaired) electrons. The number of rotatable bonds is 21. The lowest BCUT2D eigenvalue weighted by atomic mass is 9.90. The molecule has 10 nitrogen and oxygen atoms in total. The number of hydrogen-bond donors (Lipinski definition) is 3. The highest BCUT2D eigenvalue weighted by atomic mass is 16.7. The first-order valence-corrected chi connectivity index (χ1v) is 17.8. The average molecular weight is 671 g/mol. The van der Waals surface area contributed by atoms with Crippen LogP contribution in [0.3, 0.4) is 0 Å². The van der Waals surface area contributed by atoms with Gasteiger partial charge in [-0.25, -0.2) is 4.79 Å². The fourth-order valence-corrected chi connectivity index (χ4v) is 5.66. The smallest absolute Gasteiger partial charge is 0.408 e. The first kappa shape index (κ1) is 39.4. The summed E-state index contributed by atoms with van der Waals surface area (Å²) < 4.78 is 31.2. The van der Waals surface area contributed by atoms with Crippen LogP contribution in [0.25, 0.3) is 0 Å². The minimum atomic E-state index is -1.05. The van der Waals surface area contributed by atoms with Gasteiger partial charge in [-0.05, 0) is 50.7 Å². The van der Waals surface area contributed by atoms with E-state index in [0.29, 0.717) is 32.7 Å². The predicted octanol–water partition coefficient (Wildman–Crippen LogP) is 5.73. The number of carbonyl (C=O) groups is 2. The van der Waals surface area contributed by atoms with Gasteiger partial charge in [0.1, 0.15) is 24.4 Å². The Morgan fingerprint density at radius 3 is 1.85 bits per heavy atom. The lowest BCUT2D eigenvalue weighted by Crippen LogP contribution is -2.67. The van der Waals surface area contributed by atoms with Crippen molar-refractivity contribution in [2.45, 2.75) is 135 Å². The zero-order valence-corrected chi connectivity index (χ0v) is 29.5. The molecule has 0 saturated carbocycles. The lowest BCUT2D eigenvalue weighted by molar-refractivity contribution is -0.294. The summed E-state index contributed by atoms with van der Waals surface area (Å²) in [6, 6.07) is 18.6. The van der Waals surface area contributed by atoms with Crippen molar-refractivity contribution in [3.05, 3.63) is 71.8 Å². The molecule has 2 unspecified atom stereocenters. The predicted molar refractivity (Wildman–Crippen MR) is 186 cm³/mol. The monoisotopic (exact) mass is 670 g/mol. The maximum absolute atomic E-state index is 13.4. The Morgan fingerprint density at radius 1 is 0.771 bits per heavy atom. The summed E-state index contributed by atoms with van der Waals surface area (Å²) in [6.07, 6.45) is 0.186. The van der Waals surface area contributed by atoms with E-state index in [1.165, 1.54) is 0 Å². The second kappa shape index (κ2) is 21.8. The number of benzene rings is 2. The van der Waals surface area contributed by atoms with Crippen LogP contribution in [-0.2, 0) is 41.3 Å². The molecule has 1 aliphatic rings. The molecule has 1 saturated heterocycles. The number of aliphatic hydroxyl groups excluding tert-OH is 1. The van der Waals surface area contributed by atoms with Crippen molar-refractivity contribution in [1.29, 1.82) is 0 Å². The van der Waals surface area contributed by atoms with Crippen LogP contribution in [-0.4, -0.2) is 85.8 Å². The summed E-state index contributed by atoms with van der Waals surface area (Å²) in [5.41, 5.74) is 2.06. The summed E-state index contributed by atoms with van der Waals surface area (Å²) in [6.45, 7) is 10.9. The van der Waals surface area contributed by atoms with Crippen molar-refractivity contribution in [2.24, 2.45) is 0 Å². The Morgan fingerprint density at radius 2 is 1.29 bits per heavy atom. The zero-order chi connectivity index (χ0) is 34.7. The third-order valence-electron chi connectivity index (χ3n) is 8.36. The van der Waals surface area contributed by atoms with Gasteiger partial charge < -0.3 is 39.4 Å². The van der Waals surface area contributed by atoms with Gasteiger partial charge in [0.05, 0.1) is 6.10 Å². The number of ether oxygens (including phenoxy) is 5. The maximum Gasteiger partial charge on any atom is 0.408 e. The van der Waals surface area contributed by atoms with Crippen molar-refractivity contribution in [1.82, 2.24) is 10.6 Å². The second-order valence-corrected chi connectivity index (χ2v) is 12.6. The van der Waals surface area contributed by atoms with Crippen LogP contribution in [0.2, 0.25) is 0 Å². The first-order chi connectivity index (χ1) is 23.3. The van der Waals surface area contributed by atoms with Crippen LogP contribution >= 0.6 is 0 Å². The molecular formula is C38H58N2O8. The fraction of sp³-hybridized carbons (Fsp3) is 0.632. The molecule has 3 rings (SSSR count). The molecular weight excluding hydrogens is 612 g/mol. The number of carbonyl (C=O) groups excluding carboxylic acids is 2. The first-order valence-electron chi connectivity index (χ1n) is 17.8. The minimum Gasteiger partial charge on any atom is -0.436 e. The molecule has 1 fully saturated rings. The van der Waals surface area contributed by atoms with E-state index in [1.807, 2.05) is 67.6 Å². The lowest BCUT2D eigenvalue weighted by Gasteiger charge is -2.47. The van der Waals surface area contributed by atoms with E-state index in [0.717, 1.165) is 49.7 Å². The number of alkyl carbamates (subject to hydrolysis) is 1. The van der Waals surface area contributed by atoms with Crippen molar-refractivity contribution in [2.75, 3.05) is 19.8 Å². The average Bonchev–Trinajstić information content (AvgIpc) is 3.07. The number of amides is 2. The van der Waals surface area contributed by atoms with E-state index in [-0.39, 0.29) is 6.04 Å². The third kappa shape index (κ3) is 13.1. The molecule has 268 valence electrons. The topological polar surface area (TPSA) is 125 Å². The highest BCUT2D eigenvalue weighted by Crippen LogP contribution is 2.31. The standard InChI is InChI=1S/C38H58N2O8/c1-6-9-22-44-34-32(40-38(43)47-28(5)36(42)39-27(4)25-29-18-14-12-15-19-29)37(46-24-11-8-3)48-33(35(34)45-23-10-7-2)31(41)26-30-20-16-13-17-21-30/h12-21,27-28,31-35,37,41H,6-11,22-26H2,1-5H3,(H,39,42)(H,40,43)/t27-,28+,31?,32+,33+,34+,35+,37?/m0/s1. The largest absolute Gasteiger partial charge is 0.436 e. The summed E-state index contributed by atoms with van der Waals surface area (Å²) in [5, 5.41) is 17.4. The number of nitrogens with one attached hydrogen (secondary N) is 2. The van der Waals surface area contributed by atoms with Crippen LogP contribution in [0, 0.1) is 0 Å². The van der Waals surface area contributed by atoms with Gasteiger partial charge in [-0.2, -0.15) is 0 Å². The van der Waals surface area contributed by atoms with Gasteiger partial charge in [-0.3, -0.25) is 4.79 Å². The van der Waals surface area contributed by atoms with Gasteiger partial charge in [-0.1, -0.05) is 101 Å². The molecule has 0 bridgehead atoms. The molecule has 8 atom stereocenters. The van der Waals surface area contributed by atoms with Gasteiger partial charge in [0.2, 0.25) is 0 Å². The van der Waals surface area contributed by atoms with Crippen LogP contribution < -0.4 is 10.6 Å². The third-order valence-corrected chi connectivity index (χ3v) is 8.36. The molecule has 1 aliphatic heterocycles.